The van der Waals surface area contributed by atoms with Crippen LogP contribution in [0.3, 0.4) is 0 Å². The summed E-state index contributed by atoms with van der Waals surface area (Å²) in [6.45, 7) is 9.34. The standard InChI is InChI=1S/C29H47N5O3/c1-4-11-24(27(30)35)25(18-21(2)3)28(36)31-26-14-6-9-15-33(29(26)37)20-22-12-10-13-23(19-22)32-34-16-7-5-8-17-34/h10,12-13,19,21,24-26,32H,4-9,11,14-18,20H2,1-3H3,(H2,30,35)(H,31,36)/t24-,25+,26-/m0/s1. The number of hydrogen-bond acceptors (Lipinski definition) is 5. The molecule has 0 aromatic heterocycles. The van der Waals surface area contributed by atoms with Crippen LogP contribution in [0.2, 0.25) is 0 Å². The van der Waals surface area contributed by atoms with Gasteiger partial charge in [0, 0.05) is 43.7 Å². The summed E-state index contributed by atoms with van der Waals surface area (Å²) in [5.41, 5.74) is 11.3. The van der Waals surface area contributed by atoms with Crippen molar-refractivity contribution in [3.05, 3.63) is 29.8 Å². The third-order valence-corrected chi connectivity index (χ3v) is 7.55. The first kappa shape index (κ1) is 29.0. The lowest BCUT2D eigenvalue weighted by molar-refractivity contribution is -0.139. The summed E-state index contributed by atoms with van der Waals surface area (Å²) in [7, 11) is 0. The zero-order chi connectivity index (χ0) is 26.8. The Morgan fingerprint density at radius 2 is 1.78 bits per heavy atom. The lowest BCUT2D eigenvalue weighted by Gasteiger charge is -2.30. The van der Waals surface area contributed by atoms with Crippen LogP contribution in [-0.2, 0) is 20.9 Å². The van der Waals surface area contributed by atoms with Gasteiger partial charge < -0.3 is 21.4 Å². The number of piperidine rings is 1. The van der Waals surface area contributed by atoms with Crippen LogP contribution in [0.1, 0.15) is 84.1 Å². The molecule has 8 heteroatoms. The van der Waals surface area contributed by atoms with E-state index in [9.17, 15) is 14.4 Å². The van der Waals surface area contributed by atoms with Crippen molar-refractivity contribution in [1.82, 2.24) is 15.2 Å². The number of hydrogen-bond donors (Lipinski definition) is 3. The second-order valence-corrected chi connectivity index (χ2v) is 11.2. The van der Waals surface area contributed by atoms with Gasteiger partial charge in [-0.2, -0.15) is 0 Å². The van der Waals surface area contributed by atoms with Crippen molar-refractivity contribution in [2.75, 3.05) is 25.1 Å². The number of amides is 3. The fourth-order valence-corrected chi connectivity index (χ4v) is 5.64. The Morgan fingerprint density at radius 1 is 1.05 bits per heavy atom. The van der Waals surface area contributed by atoms with E-state index in [1.54, 1.807) is 0 Å². The predicted octanol–water partition coefficient (Wildman–Crippen LogP) is 4.06. The minimum atomic E-state index is -0.575. The molecule has 8 nitrogen and oxygen atoms in total. The molecule has 0 spiro atoms. The molecule has 2 aliphatic rings. The summed E-state index contributed by atoms with van der Waals surface area (Å²) in [5, 5.41) is 5.29. The highest BCUT2D eigenvalue weighted by Crippen LogP contribution is 2.26. The minimum Gasteiger partial charge on any atom is -0.369 e. The van der Waals surface area contributed by atoms with Crippen molar-refractivity contribution in [1.29, 1.82) is 0 Å². The highest BCUT2D eigenvalue weighted by atomic mass is 16.2. The van der Waals surface area contributed by atoms with E-state index in [0.29, 0.717) is 32.4 Å². The second kappa shape index (κ2) is 14.4. The van der Waals surface area contributed by atoms with E-state index >= 15 is 0 Å². The van der Waals surface area contributed by atoms with Crippen LogP contribution in [0.25, 0.3) is 0 Å². The molecule has 1 aromatic carbocycles. The summed E-state index contributed by atoms with van der Waals surface area (Å²) in [5.74, 6) is -1.50. The molecule has 1 aromatic rings. The Labute approximate surface area is 222 Å². The number of anilines is 1. The van der Waals surface area contributed by atoms with Gasteiger partial charge in [-0.3, -0.25) is 14.4 Å². The van der Waals surface area contributed by atoms with Crippen molar-refractivity contribution in [3.63, 3.8) is 0 Å². The SMILES string of the molecule is CCC[C@H](C(N)=O)[C@@H](CC(C)C)C(=O)N[C@H]1CCCCN(Cc2cccc(NN3CCCCC3)c2)C1=O. The molecule has 2 saturated heterocycles. The fourth-order valence-electron chi connectivity index (χ4n) is 5.64. The number of hydrazine groups is 1. The average Bonchev–Trinajstić information content (AvgIpc) is 3.03. The fraction of sp³-hybridized carbons (Fsp3) is 0.690. The molecule has 2 heterocycles. The summed E-state index contributed by atoms with van der Waals surface area (Å²) in [4.78, 5) is 41.0. The van der Waals surface area contributed by atoms with Gasteiger partial charge >= 0.3 is 0 Å². The van der Waals surface area contributed by atoms with Crippen LogP contribution in [0, 0.1) is 17.8 Å². The number of carbonyl (C=O) groups excluding carboxylic acids is 3. The molecule has 0 saturated carbocycles. The molecule has 206 valence electrons. The number of nitrogens with one attached hydrogen (secondary N) is 2. The van der Waals surface area contributed by atoms with E-state index in [-0.39, 0.29) is 17.7 Å². The third kappa shape index (κ3) is 8.73. The van der Waals surface area contributed by atoms with Gasteiger partial charge in [0.15, 0.2) is 0 Å². The number of likely N-dealkylation sites (tertiary alicyclic amines) is 1. The summed E-state index contributed by atoms with van der Waals surface area (Å²) >= 11 is 0. The molecule has 4 N–H and O–H groups in total. The van der Waals surface area contributed by atoms with Gasteiger partial charge in [-0.1, -0.05) is 45.7 Å². The number of nitrogens with two attached hydrogens (primary N) is 1. The van der Waals surface area contributed by atoms with E-state index in [1.165, 1.54) is 19.3 Å². The lowest BCUT2D eigenvalue weighted by atomic mass is 9.81. The lowest BCUT2D eigenvalue weighted by Crippen LogP contribution is -2.50. The van der Waals surface area contributed by atoms with Gasteiger partial charge in [0.2, 0.25) is 17.7 Å². The monoisotopic (exact) mass is 513 g/mol. The third-order valence-electron chi connectivity index (χ3n) is 7.55. The van der Waals surface area contributed by atoms with E-state index in [2.05, 4.69) is 27.9 Å². The number of primary amides is 1. The van der Waals surface area contributed by atoms with Crippen LogP contribution in [0.4, 0.5) is 5.69 Å². The summed E-state index contributed by atoms with van der Waals surface area (Å²) < 4.78 is 0. The van der Waals surface area contributed by atoms with Gasteiger partial charge in [-0.25, -0.2) is 5.01 Å². The zero-order valence-corrected chi connectivity index (χ0v) is 23.0. The Balaban J connectivity index is 1.68. The Kier molecular flexibility index (Phi) is 11.2. The summed E-state index contributed by atoms with van der Waals surface area (Å²) in [6.07, 6.45) is 8.00. The molecule has 0 aliphatic carbocycles. The van der Waals surface area contributed by atoms with Crippen molar-refractivity contribution >= 4 is 23.4 Å². The molecular formula is C29H47N5O3. The topological polar surface area (TPSA) is 108 Å². The normalized spacial score (nSPS) is 20.8. The highest BCUT2D eigenvalue weighted by molar-refractivity contribution is 5.91. The highest BCUT2D eigenvalue weighted by Gasteiger charge is 2.35. The van der Waals surface area contributed by atoms with Crippen molar-refractivity contribution < 1.29 is 14.4 Å². The van der Waals surface area contributed by atoms with Gasteiger partial charge in [0.1, 0.15) is 6.04 Å². The Morgan fingerprint density at radius 3 is 2.46 bits per heavy atom. The minimum absolute atomic E-state index is 0.0466. The molecule has 0 unspecified atom stereocenters. The van der Waals surface area contributed by atoms with Crippen LogP contribution >= 0.6 is 0 Å². The van der Waals surface area contributed by atoms with Crippen molar-refractivity contribution in [2.24, 2.45) is 23.5 Å². The van der Waals surface area contributed by atoms with Crippen LogP contribution in [-0.4, -0.2) is 53.3 Å². The molecule has 0 radical (unpaired) electrons. The van der Waals surface area contributed by atoms with E-state index in [1.807, 2.05) is 37.8 Å². The van der Waals surface area contributed by atoms with Gasteiger partial charge in [0.25, 0.3) is 0 Å². The first-order valence-electron chi connectivity index (χ1n) is 14.3. The zero-order valence-electron chi connectivity index (χ0n) is 23.0. The summed E-state index contributed by atoms with van der Waals surface area (Å²) in [6, 6.07) is 7.67. The largest absolute Gasteiger partial charge is 0.369 e. The number of carbonyl (C=O) groups is 3. The predicted molar refractivity (Wildman–Crippen MR) is 147 cm³/mol. The quantitative estimate of drug-likeness (QED) is 0.391. The maximum absolute atomic E-state index is 13.6. The first-order valence-corrected chi connectivity index (χ1v) is 14.3. The van der Waals surface area contributed by atoms with Crippen molar-refractivity contribution in [3.8, 4) is 0 Å². The molecule has 3 amide bonds. The van der Waals surface area contributed by atoms with E-state index in [4.69, 9.17) is 5.73 Å². The number of rotatable bonds is 12. The number of benzene rings is 1. The average molecular weight is 514 g/mol. The molecule has 37 heavy (non-hydrogen) atoms. The first-order chi connectivity index (χ1) is 17.8. The van der Waals surface area contributed by atoms with Crippen LogP contribution < -0.4 is 16.5 Å². The van der Waals surface area contributed by atoms with Crippen molar-refractivity contribution in [2.45, 2.75) is 91.1 Å². The maximum Gasteiger partial charge on any atom is 0.245 e. The molecular weight excluding hydrogens is 466 g/mol. The van der Waals surface area contributed by atoms with E-state index < -0.39 is 23.8 Å². The maximum atomic E-state index is 13.6. The van der Waals surface area contributed by atoms with Crippen LogP contribution in [0.5, 0.6) is 0 Å². The smallest absolute Gasteiger partial charge is 0.245 e. The Bertz CT molecular complexity index is 899. The van der Waals surface area contributed by atoms with Gasteiger partial charge in [-0.15, -0.1) is 0 Å². The van der Waals surface area contributed by atoms with Gasteiger partial charge in [0.05, 0.1) is 0 Å². The Hall–Kier alpha value is -2.61. The number of nitrogens with zero attached hydrogens (tertiary/aromatic N) is 2. The molecule has 2 aliphatic heterocycles. The molecule has 0 bridgehead atoms. The van der Waals surface area contributed by atoms with Gasteiger partial charge in [-0.05, 0) is 68.6 Å². The molecule has 3 atom stereocenters. The van der Waals surface area contributed by atoms with E-state index in [0.717, 1.165) is 43.6 Å². The second-order valence-electron chi connectivity index (χ2n) is 11.2. The van der Waals surface area contributed by atoms with Crippen LogP contribution in [0.15, 0.2) is 24.3 Å². The molecule has 2 fully saturated rings. The molecule has 3 rings (SSSR count).